The third-order valence-electron chi connectivity index (χ3n) is 3.05. The maximum atomic E-state index is 12.1. The lowest BCUT2D eigenvalue weighted by Crippen LogP contribution is -2.51. The average Bonchev–Trinajstić information content (AvgIpc) is 2.28. The molecule has 4 heteroatoms. The fraction of sp³-hybridized carbons (Fsp3) is 0.917. The van der Waals surface area contributed by atoms with Gasteiger partial charge in [0.25, 0.3) is 0 Å². The lowest BCUT2D eigenvalue weighted by molar-refractivity contribution is -0.132. The maximum absolute atomic E-state index is 12.1. The van der Waals surface area contributed by atoms with E-state index in [1.54, 1.807) is 0 Å². The zero-order valence-corrected chi connectivity index (χ0v) is 12.2. The Balaban J connectivity index is 2.38. The zero-order valence-electron chi connectivity index (χ0n) is 10.6. The van der Waals surface area contributed by atoms with Crippen LogP contribution in [0.15, 0.2) is 0 Å². The van der Waals surface area contributed by atoms with Gasteiger partial charge in [0.15, 0.2) is 0 Å². The standard InChI is InChI=1S/C12H23BrN2O/c1-4-5-14-6-8-15(9-7-14)12(16)11(13)10(2)3/h10-11H,4-9H2,1-3H3. The van der Waals surface area contributed by atoms with E-state index < -0.39 is 0 Å². The van der Waals surface area contributed by atoms with Crippen LogP contribution in [0.2, 0.25) is 0 Å². The van der Waals surface area contributed by atoms with Gasteiger partial charge in [-0.15, -0.1) is 0 Å². The van der Waals surface area contributed by atoms with Crippen LogP contribution >= 0.6 is 15.9 Å². The van der Waals surface area contributed by atoms with Gasteiger partial charge < -0.3 is 4.90 Å². The average molecular weight is 291 g/mol. The number of rotatable bonds is 4. The van der Waals surface area contributed by atoms with Crippen molar-refractivity contribution in [1.29, 1.82) is 0 Å². The summed E-state index contributed by atoms with van der Waals surface area (Å²) >= 11 is 3.48. The number of nitrogens with zero attached hydrogens (tertiary/aromatic N) is 2. The SMILES string of the molecule is CCCN1CCN(C(=O)C(Br)C(C)C)CC1. The van der Waals surface area contributed by atoms with Crippen LogP contribution in [0.4, 0.5) is 0 Å². The Kier molecular flexibility index (Phi) is 5.76. The molecule has 0 aromatic carbocycles. The van der Waals surface area contributed by atoms with Crippen molar-refractivity contribution < 1.29 is 4.79 Å². The molecule has 94 valence electrons. The van der Waals surface area contributed by atoms with Gasteiger partial charge in [0, 0.05) is 26.2 Å². The molecular formula is C12H23BrN2O. The minimum atomic E-state index is -0.0229. The molecule has 1 atom stereocenters. The van der Waals surface area contributed by atoms with Crippen molar-refractivity contribution in [2.45, 2.75) is 32.0 Å². The third kappa shape index (κ3) is 3.74. The first-order valence-corrected chi connectivity index (χ1v) is 7.13. The smallest absolute Gasteiger partial charge is 0.236 e. The first-order valence-electron chi connectivity index (χ1n) is 6.21. The zero-order chi connectivity index (χ0) is 12.1. The molecule has 1 unspecified atom stereocenters. The first-order chi connectivity index (χ1) is 7.56. The lowest BCUT2D eigenvalue weighted by atomic mass is 10.1. The highest BCUT2D eigenvalue weighted by Gasteiger charge is 2.27. The normalized spacial score (nSPS) is 20.2. The highest BCUT2D eigenvalue weighted by Crippen LogP contribution is 2.16. The van der Waals surface area contributed by atoms with Gasteiger partial charge in [-0.3, -0.25) is 9.69 Å². The summed E-state index contributed by atoms with van der Waals surface area (Å²) in [6, 6.07) is 0. The first kappa shape index (κ1) is 14.0. The number of carbonyl (C=O) groups is 1. The highest BCUT2D eigenvalue weighted by molar-refractivity contribution is 9.10. The number of halogens is 1. The third-order valence-corrected chi connectivity index (χ3v) is 4.49. The molecule has 0 aliphatic carbocycles. The van der Waals surface area contributed by atoms with E-state index in [9.17, 15) is 4.79 Å². The van der Waals surface area contributed by atoms with Gasteiger partial charge in [-0.1, -0.05) is 36.7 Å². The minimum absolute atomic E-state index is 0.0229. The van der Waals surface area contributed by atoms with Crippen molar-refractivity contribution >= 4 is 21.8 Å². The van der Waals surface area contributed by atoms with E-state index >= 15 is 0 Å². The van der Waals surface area contributed by atoms with E-state index in [0.29, 0.717) is 5.92 Å². The molecule has 0 aromatic rings. The molecule has 1 saturated heterocycles. The Hall–Kier alpha value is -0.0900. The fourth-order valence-corrected chi connectivity index (χ4v) is 2.26. The monoisotopic (exact) mass is 290 g/mol. The lowest BCUT2D eigenvalue weighted by Gasteiger charge is -2.36. The topological polar surface area (TPSA) is 23.6 Å². The van der Waals surface area contributed by atoms with E-state index in [1.807, 2.05) is 4.90 Å². The van der Waals surface area contributed by atoms with Gasteiger partial charge in [-0.2, -0.15) is 0 Å². The van der Waals surface area contributed by atoms with Gasteiger partial charge in [0.1, 0.15) is 0 Å². The van der Waals surface area contributed by atoms with E-state index in [0.717, 1.165) is 32.7 Å². The summed E-state index contributed by atoms with van der Waals surface area (Å²) in [5.74, 6) is 0.618. The molecular weight excluding hydrogens is 268 g/mol. The van der Waals surface area contributed by atoms with Crippen molar-refractivity contribution in [3.8, 4) is 0 Å². The van der Waals surface area contributed by atoms with E-state index in [-0.39, 0.29) is 10.7 Å². The molecule has 0 spiro atoms. The van der Waals surface area contributed by atoms with E-state index in [2.05, 4.69) is 41.6 Å². The number of amides is 1. The molecule has 1 heterocycles. The Morgan fingerprint density at radius 2 is 1.81 bits per heavy atom. The van der Waals surface area contributed by atoms with Crippen molar-refractivity contribution in [2.24, 2.45) is 5.92 Å². The molecule has 3 nitrogen and oxygen atoms in total. The largest absolute Gasteiger partial charge is 0.339 e. The summed E-state index contributed by atoms with van der Waals surface area (Å²) < 4.78 is 0. The van der Waals surface area contributed by atoms with E-state index in [4.69, 9.17) is 0 Å². The van der Waals surface area contributed by atoms with Gasteiger partial charge in [-0.05, 0) is 18.9 Å². The summed E-state index contributed by atoms with van der Waals surface area (Å²) in [4.78, 5) is 16.5. The number of carbonyl (C=O) groups excluding carboxylic acids is 1. The highest BCUT2D eigenvalue weighted by atomic mass is 79.9. The Bertz CT molecular complexity index is 225. The summed E-state index contributed by atoms with van der Waals surface area (Å²) in [6.45, 7) is 11.3. The molecule has 0 saturated carbocycles. The van der Waals surface area contributed by atoms with Crippen molar-refractivity contribution in [3.05, 3.63) is 0 Å². The molecule has 1 rings (SSSR count). The predicted octanol–water partition coefficient (Wildman–Crippen LogP) is 1.96. The van der Waals surface area contributed by atoms with Crippen LogP contribution in [0.1, 0.15) is 27.2 Å². The number of alkyl halides is 1. The van der Waals surface area contributed by atoms with Crippen LogP contribution in [0.3, 0.4) is 0 Å². The molecule has 0 N–H and O–H groups in total. The van der Waals surface area contributed by atoms with Crippen molar-refractivity contribution in [2.75, 3.05) is 32.7 Å². The molecule has 0 aromatic heterocycles. The number of piperazine rings is 1. The predicted molar refractivity (Wildman–Crippen MR) is 70.9 cm³/mol. The quantitative estimate of drug-likeness (QED) is 0.739. The van der Waals surface area contributed by atoms with Crippen LogP contribution in [-0.4, -0.2) is 53.3 Å². The fourth-order valence-electron chi connectivity index (χ4n) is 1.97. The van der Waals surface area contributed by atoms with Gasteiger partial charge in [-0.25, -0.2) is 0 Å². The van der Waals surface area contributed by atoms with Crippen LogP contribution in [0, 0.1) is 5.92 Å². The molecule has 1 aliphatic heterocycles. The molecule has 1 aliphatic rings. The number of hydrogen-bond donors (Lipinski definition) is 0. The summed E-state index contributed by atoms with van der Waals surface area (Å²) in [5.41, 5.74) is 0. The van der Waals surface area contributed by atoms with Crippen molar-refractivity contribution in [3.63, 3.8) is 0 Å². The van der Waals surface area contributed by atoms with Crippen LogP contribution in [0.5, 0.6) is 0 Å². The summed E-state index contributed by atoms with van der Waals surface area (Å²) in [6.07, 6.45) is 1.20. The van der Waals surface area contributed by atoms with E-state index in [1.165, 1.54) is 6.42 Å². The second-order valence-corrected chi connectivity index (χ2v) is 5.80. The van der Waals surface area contributed by atoms with Crippen LogP contribution in [-0.2, 0) is 4.79 Å². The molecule has 1 amide bonds. The van der Waals surface area contributed by atoms with Crippen LogP contribution < -0.4 is 0 Å². The maximum Gasteiger partial charge on any atom is 0.236 e. The second kappa shape index (κ2) is 6.60. The summed E-state index contributed by atoms with van der Waals surface area (Å²) in [7, 11) is 0. The van der Waals surface area contributed by atoms with Crippen molar-refractivity contribution in [1.82, 2.24) is 9.80 Å². The van der Waals surface area contributed by atoms with Gasteiger partial charge in [0.2, 0.25) is 5.91 Å². The van der Waals surface area contributed by atoms with Gasteiger partial charge >= 0.3 is 0 Å². The molecule has 0 radical (unpaired) electrons. The minimum Gasteiger partial charge on any atom is -0.339 e. The van der Waals surface area contributed by atoms with Crippen LogP contribution in [0.25, 0.3) is 0 Å². The Labute approximate surface area is 107 Å². The van der Waals surface area contributed by atoms with Gasteiger partial charge in [0.05, 0.1) is 4.83 Å². The number of hydrogen-bond acceptors (Lipinski definition) is 2. The Morgan fingerprint density at radius 3 is 2.25 bits per heavy atom. The molecule has 1 fully saturated rings. The molecule has 16 heavy (non-hydrogen) atoms. The summed E-state index contributed by atoms with van der Waals surface area (Å²) in [5, 5.41) is 0. The second-order valence-electron chi connectivity index (χ2n) is 4.81. The Morgan fingerprint density at radius 1 is 1.25 bits per heavy atom. The molecule has 0 bridgehead atoms.